The molecule has 0 unspecified atom stereocenters. The van der Waals surface area contributed by atoms with Gasteiger partial charge in [0, 0.05) is 18.7 Å². The van der Waals surface area contributed by atoms with Crippen LogP contribution in [0.1, 0.15) is 6.92 Å². The maximum absolute atomic E-state index is 12.0. The Kier molecular flexibility index (Phi) is 6.10. The molecule has 26 heavy (non-hydrogen) atoms. The quantitative estimate of drug-likeness (QED) is 0.579. The molecular formula is C17H17N3O6. The van der Waals surface area contributed by atoms with Crippen LogP contribution in [0.25, 0.3) is 0 Å². The van der Waals surface area contributed by atoms with Gasteiger partial charge in [0.15, 0.2) is 6.61 Å². The zero-order valence-corrected chi connectivity index (χ0v) is 14.1. The normalized spacial score (nSPS) is 9.92. The van der Waals surface area contributed by atoms with Crippen LogP contribution < -0.4 is 20.1 Å². The zero-order valence-electron chi connectivity index (χ0n) is 14.1. The van der Waals surface area contributed by atoms with Gasteiger partial charge < -0.3 is 20.1 Å². The van der Waals surface area contributed by atoms with Gasteiger partial charge in [-0.25, -0.2) is 0 Å². The van der Waals surface area contributed by atoms with Crippen molar-refractivity contribution < 1.29 is 24.0 Å². The van der Waals surface area contributed by atoms with Crippen LogP contribution in [0.2, 0.25) is 0 Å². The van der Waals surface area contributed by atoms with Crippen molar-refractivity contribution in [3.8, 4) is 11.5 Å². The molecule has 2 rings (SSSR count). The van der Waals surface area contributed by atoms with E-state index in [0.717, 1.165) is 0 Å². The number of nitro benzene ring substituents is 1. The number of anilines is 2. The number of nitrogens with one attached hydrogen (secondary N) is 2. The third-order valence-corrected chi connectivity index (χ3v) is 3.20. The summed E-state index contributed by atoms with van der Waals surface area (Å²) in [6.07, 6.45) is 0. The Labute approximate surface area is 149 Å². The summed E-state index contributed by atoms with van der Waals surface area (Å²) in [6.45, 7) is 1.02. The van der Waals surface area contributed by atoms with Gasteiger partial charge >= 0.3 is 0 Å². The third kappa shape index (κ3) is 5.20. The molecule has 0 heterocycles. The molecule has 0 aliphatic carbocycles. The number of benzene rings is 2. The molecule has 2 N–H and O–H groups in total. The molecule has 0 aliphatic rings. The van der Waals surface area contributed by atoms with Gasteiger partial charge in [-0.05, 0) is 24.3 Å². The van der Waals surface area contributed by atoms with Crippen molar-refractivity contribution >= 4 is 28.9 Å². The Morgan fingerprint density at radius 3 is 2.54 bits per heavy atom. The van der Waals surface area contributed by atoms with E-state index in [-0.39, 0.29) is 23.9 Å². The minimum Gasteiger partial charge on any atom is -0.496 e. The Morgan fingerprint density at radius 1 is 1.12 bits per heavy atom. The van der Waals surface area contributed by atoms with E-state index in [9.17, 15) is 19.7 Å². The number of nitrogens with zero attached hydrogens (tertiary/aromatic N) is 1. The highest BCUT2D eigenvalue weighted by molar-refractivity contribution is 5.94. The van der Waals surface area contributed by atoms with Crippen molar-refractivity contribution in [1.82, 2.24) is 0 Å². The lowest BCUT2D eigenvalue weighted by molar-refractivity contribution is -0.384. The molecule has 0 aromatic heterocycles. The first-order chi connectivity index (χ1) is 12.4. The summed E-state index contributed by atoms with van der Waals surface area (Å²) < 4.78 is 10.3. The highest BCUT2D eigenvalue weighted by Gasteiger charge is 2.17. The number of hydrogen-bond donors (Lipinski definition) is 2. The lowest BCUT2D eigenvalue weighted by Crippen LogP contribution is -2.20. The Bertz CT molecular complexity index is 837. The molecule has 136 valence electrons. The van der Waals surface area contributed by atoms with E-state index in [4.69, 9.17) is 9.47 Å². The minimum atomic E-state index is -0.615. The van der Waals surface area contributed by atoms with Crippen LogP contribution in [-0.2, 0) is 9.59 Å². The van der Waals surface area contributed by atoms with Gasteiger partial charge in [0.2, 0.25) is 5.91 Å². The number of ether oxygens (including phenoxy) is 2. The molecule has 0 radical (unpaired) electrons. The van der Waals surface area contributed by atoms with Crippen molar-refractivity contribution in [2.24, 2.45) is 0 Å². The maximum Gasteiger partial charge on any atom is 0.296 e. The van der Waals surface area contributed by atoms with Gasteiger partial charge in [-0.2, -0.15) is 0 Å². The van der Waals surface area contributed by atoms with Gasteiger partial charge in [0.25, 0.3) is 11.6 Å². The van der Waals surface area contributed by atoms with Crippen LogP contribution in [0, 0.1) is 10.1 Å². The van der Waals surface area contributed by atoms with E-state index >= 15 is 0 Å². The molecule has 9 heteroatoms. The number of carbonyl (C=O) groups excluding carboxylic acids is 2. The van der Waals surface area contributed by atoms with Crippen LogP contribution in [0.5, 0.6) is 11.5 Å². The van der Waals surface area contributed by atoms with Gasteiger partial charge in [0.1, 0.15) is 17.2 Å². The minimum absolute atomic E-state index is 0.0383. The van der Waals surface area contributed by atoms with E-state index < -0.39 is 10.8 Å². The summed E-state index contributed by atoms with van der Waals surface area (Å²) in [5.41, 5.74) is 0.281. The summed E-state index contributed by atoms with van der Waals surface area (Å²) in [6, 6.07) is 10.6. The summed E-state index contributed by atoms with van der Waals surface area (Å²) >= 11 is 0. The molecule has 0 saturated heterocycles. The molecule has 0 aliphatic heterocycles. The average Bonchev–Trinajstić information content (AvgIpc) is 2.60. The number of rotatable bonds is 7. The molecule has 2 amide bonds. The van der Waals surface area contributed by atoms with Crippen LogP contribution in [0.3, 0.4) is 0 Å². The Hall–Kier alpha value is -3.62. The fourth-order valence-corrected chi connectivity index (χ4v) is 2.10. The maximum atomic E-state index is 12.0. The van der Waals surface area contributed by atoms with Crippen molar-refractivity contribution in [3.05, 3.63) is 52.6 Å². The first-order valence-corrected chi connectivity index (χ1v) is 7.52. The molecule has 0 spiro atoms. The second kappa shape index (κ2) is 8.47. The van der Waals surface area contributed by atoms with E-state index in [0.29, 0.717) is 17.2 Å². The number of amides is 2. The second-order valence-electron chi connectivity index (χ2n) is 5.19. The monoisotopic (exact) mass is 359 g/mol. The summed E-state index contributed by atoms with van der Waals surface area (Å²) in [7, 11) is 1.39. The number of hydrogen-bond acceptors (Lipinski definition) is 6. The van der Waals surface area contributed by atoms with Gasteiger partial charge in [-0.3, -0.25) is 19.7 Å². The molecule has 0 atom stereocenters. The SMILES string of the molecule is COc1ccc(NC(=O)COc2cccc(NC(C)=O)c2)c([N+](=O)[O-])c1. The molecule has 9 nitrogen and oxygen atoms in total. The summed E-state index contributed by atoms with van der Waals surface area (Å²) in [5, 5.41) is 16.1. The summed E-state index contributed by atoms with van der Waals surface area (Å²) in [5.74, 6) is -0.119. The van der Waals surface area contributed by atoms with E-state index in [2.05, 4.69) is 10.6 Å². The van der Waals surface area contributed by atoms with Crippen molar-refractivity contribution in [3.63, 3.8) is 0 Å². The van der Waals surface area contributed by atoms with Crippen molar-refractivity contribution in [2.45, 2.75) is 6.92 Å². The Morgan fingerprint density at radius 2 is 1.88 bits per heavy atom. The molecule has 0 fully saturated rings. The summed E-state index contributed by atoms with van der Waals surface area (Å²) in [4.78, 5) is 33.6. The van der Waals surface area contributed by atoms with Gasteiger partial charge in [0.05, 0.1) is 18.1 Å². The lowest BCUT2D eigenvalue weighted by Gasteiger charge is -2.10. The molecule has 2 aromatic carbocycles. The first kappa shape index (κ1) is 18.7. The number of methoxy groups -OCH3 is 1. The fraction of sp³-hybridized carbons (Fsp3) is 0.176. The van der Waals surface area contributed by atoms with Crippen molar-refractivity contribution in [1.29, 1.82) is 0 Å². The second-order valence-corrected chi connectivity index (χ2v) is 5.19. The number of nitro groups is 1. The smallest absolute Gasteiger partial charge is 0.296 e. The topological polar surface area (TPSA) is 120 Å². The van der Waals surface area contributed by atoms with Gasteiger partial charge in [-0.15, -0.1) is 0 Å². The fourth-order valence-electron chi connectivity index (χ4n) is 2.10. The average molecular weight is 359 g/mol. The standard InChI is InChI=1S/C17H17N3O6/c1-11(21)18-12-4-3-5-14(8-12)26-10-17(22)19-15-7-6-13(25-2)9-16(15)20(23)24/h3-9H,10H2,1-2H3,(H,18,21)(H,19,22). The largest absolute Gasteiger partial charge is 0.496 e. The van der Waals surface area contributed by atoms with Crippen LogP contribution in [0.4, 0.5) is 17.1 Å². The first-order valence-electron chi connectivity index (χ1n) is 7.52. The third-order valence-electron chi connectivity index (χ3n) is 3.20. The van der Waals surface area contributed by atoms with Crippen LogP contribution in [0.15, 0.2) is 42.5 Å². The lowest BCUT2D eigenvalue weighted by atomic mass is 10.2. The highest BCUT2D eigenvalue weighted by atomic mass is 16.6. The van der Waals surface area contributed by atoms with E-state index in [1.165, 1.54) is 32.2 Å². The molecular weight excluding hydrogens is 342 g/mol. The van der Waals surface area contributed by atoms with Crippen LogP contribution >= 0.6 is 0 Å². The van der Waals surface area contributed by atoms with E-state index in [1.807, 2.05) is 0 Å². The molecule has 0 bridgehead atoms. The Balaban J connectivity index is 2.01. The predicted molar refractivity (Wildman–Crippen MR) is 94.5 cm³/mol. The highest BCUT2D eigenvalue weighted by Crippen LogP contribution is 2.28. The molecule has 0 saturated carbocycles. The zero-order chi connectivity index (χ0) is 19.1. The molecule has 2 aromatic rings. The number of carbonyl (C=O) groups is 2. The predicted octanol–water partition coefficient (Wildman–Crippen LogP) is 2.58. The van der Waals surface area contributed by atoms with Crippen molar-refractivity contribution in [2.75, 3.05) is 24.4 Å². The van der Waals surface area contributed by atoms with E-state index in [1.54, 1.807) is 24.3 Å². The van der Waals surface area contributed by atoms with Crippen LogP contribution in [-0.4, -0.2) is 30.5 Å². The van der Waals surface area contributed by atoms with Gasteiger partial charge in [-0.1, -0.05) is 6.07 Å².